The zero-order chi connectivity index (χ0) is 18.1. The predicted molar refractivity (Wildman–Crippen MR) is 101 cm³/mol. The van der Waals surface area contributed by atoms with Crippen molar-refractivity contribution in [2.24, 2.45) is 10.7 Å². The van der Waals surface area contributed by atoms with Gasteiger partial charge in [0.2, 0.25) is 0 Å². The fraction of sp³-hybridized carbons (Fsp3) is 0.211. The summed E-state index contributed by atoms with van der Waals surface area (Å²) in [5.74, 6) is 2.39. The smallest absolute Gasteiger partial charge is 0.159 e. The number of nitrogens with two attached hydrogens (primary N) is 1. The van der Waals surface area contributed by atoms with Crippen molar-refractivity contribution in [1.29, 1.82) is 0 Å². The number of hydrogen-bond donors (Lipinski definition) is 1. The van der Waals surface area contributed by atoms with Crippen LogP contribution in [0.2, 0.25) is 5.02 Å². The van der Waals surface area contributed by atoms with E-state index >= 15 is 0 Å². The maximum atomic E-state index is 6.05. The second kappa shape index (κ2) is 6.90. The van der Waals surface area contributed by atoms with E-state index in [1.54, 1.807) is 0 Å². The molecule has 7 heteroatoms. The largest absolute Gasteiger partial charge is 0.492 e. The van der Waals surface area contributed by atoms with Crippen LogP contribution in [0.25, 0.3) is 5.69 Å². The van der Waals surface area contributed by atoms with E-state index in [4.69, 9.17) is 27.1 Å². The lowest BCUT2D eigenvalue weighted by Crippen LogP contribution is -2.12. The molecule has 0 spiro atoms. The number of aliphatic imine (C=N–C) groups is 1. The molecule has 0 radical (unpaired) electrons. The number of ether oxygens (including phenoxy) is 1. The lowest BCUT2D eigenvalue weighted by Gasteiger charge is -2.15. The highest BCUT2D eigenvalue weighted by molar-refractivity contribution is 6.30. The molecule has 26 heavy (non-hydrogen) atoms. The van der Waals surface area contributed by atoms with E-state index in [9.17, 15) is 0 Å². The number of halogens is 1. The van der Waals surface area contributed by atoms with E-state index in [-0.39, 0.29) is 0 Å². The number of fused-ring (bicyclic) bond motifs is 3. The Kier molecular flexibility index (Phi) is 4.44. The minimum atomic E-state index is 0.451. The molecule has 0 saturated carbocycles. The summed E-state index contributed by atoms with van der Waals surface area (Å²) in [4.78, 5) is 4.81. The summed E-state index contributed by atoms with van der Waals surface area (Å²) < 4.78 is 7.76. The summed E-state index contributed by atoms with van der Waals surface area (Å²) in [6.07, 6.45) is 0. The highest BCUT2D eigenvalue weighted by Gasteiger charge is 2.22. The molecular formula is C19H18ClN5O. The van der Waals surface area contributed by atoms with Gasteiger partial charge in [-0.15, -0.1) is 10.2 Å². The van der Waals surface area contributed by atoms with Crippen LogP contribution in [-0.2, 0) is 6.54 Å². The molecule has 6 nitrogen and oxygen atoms in total. The van der Waals surface area contributed by atoms with Crippen LogP contribution in [0.5, 0.6) is 5.75 Å². The maximum absolute atomic E-state index is 6.05. The molecule has 132 valence electrons. The van der Waals surface area contributed by atoms with Crippen molar-refractivity contribution in [3.05, 3.63) is 70.3 Å². The molecule has 0 atom stereocenters. The Morgan fingerprint density at radius 1 is 1.15 bits per heavy atom. The second-order valence-corrected chi connectivity index (χ2v) is 6.42. The van der Waals surface area contributed by atoms with Gasteiger partial charge in [0.1, 0.15) is 24.7 Å². The number of benzene rings is 2. The van der Waals surface area contributed by atoms with Crippen molar-refractivity contribution < 1.29 is 4.74 Å². The van der Waals surface area contributed by atoms with Gasteiger partial charge in [-0.2, -0.15) is 0 Å². The molecule has 4 rings (SSSR count). The summed E-state index contributed by atoms with van der Waals surface area (Å²) in [5.41, 5.74) is 9.36. The Bertz CT molecular complexity index is 978. The van der Waals surface area contributed by atoms with Crippen molar-refractivity contribution in [3.8, 4) is 11.4 Å². The van der Waals surface area contributed by atoms with E-state index in [0.717, 1.165) is 39.9 Å². The van der Waals surface area contributed by atoms with E-state index in [1.807, 2.05) is 54.0 Å². The van der Waals surface area contributed by atoms with Gasteiger partial charge in [-0.05, 0) is 37.3 Å². The third-order valence-corrected chi connectivity index (χ3v) is 4.49. The first-order chi connectivity index (χ1) is 12.7. The molecule has 0 unspecified atom stereocenters. The maximum Gasteiger partial charge on any atom is 0.159 e. The molecule has 2 aromatic carbocycles. The van der Waals surface area contributed by atoms with Gasteiger partial charge in [0, 0.05) is 22.7 Å². The van der Waals surface area contributed by atoms with Crippen molar-refractivity contribution in [2.75, 3.05) is 13.2 Å². The van der Waals surface area contributed by atoms with Crippen molar-refractivity contribution in [2.45, 2.75) is 13.5 Å². The Hall–Kier alpha value is -2.70. The van der Waals surface area contributed by atoms with Gasteiger partial charge in [-0.25, -0.2) is 0 Å². The molecule has 1 aromatic heterocycles. The molecular weight excluding hydrogens is 350 g/mol. The third kappa shape index (κ3) is 2.98. The lowest BCUT2D eigenvalue weighted by atomic mass is 10.00. The standard InChI is InChI=1S/C19H18ClN5O/c1-12-23-24-18-11-22-19(13-2-4-14(20)5-3-13)16-10-15(26-9-8-21)6-7-17(16)25(12)18/h2-7,10H,8-9,11,21H2,1H3. The van der Waals surface area contributed by atoms with E-state index in [2.05, 4.69) is 10.2 Å². The van der Waals surface area contributed by atoms with E-state index < -0.39 is 0 Å². The zero-order valence-corrected chi connectivity index (χ0v) is 15.1. The monoisotopic (exact) mass is 367 g/mol. The highest BCUT2D eigenvalue weighted by Crippen LogP contribution is 2.29. The van der Waals surface area contributed by atoms with Crippen molar-refractivity contribution in [3.63, 3.8) is 0 Å². The van der Waals surface area contributed by atoms with Crippen LogP contribution < -0.4 is 10.5 Å². The zero-order valence-electron chi connectivity index (χ0n) is 14.3. The fourth-order valence-corrected chi connectivity index (χ4v) is 3.20. The van der Waals surface area contributed by atoms with Crippen LogP contribution in [0.15, 0.2) is 47.5 Å². The Morgan fingerprint density at radius 2 is 1.96 bits per heavy atom. The molecule has 0 amide bonds. The van der Waals surface area contributed by atoms with Crippen LogP contribution in [0.3, 0.4) is 0 Å². The summed E-state index contributed by atoms with van der Waals surface area (Å²) in [7, 11) is 0. The first-order valence-electron chi connectivity index (χ1n) is 8.36. The molecule has 0 bridgehead atoms. The summed E-state index contributed by atoms with van der Waals surface area (Å²) in [5, 5.41) is 9.16. The topological polar surface area (TPSA) is 78.3 Å². The average molecular weight is 368 g/mol. The Morgan fingerprint density at radius 3 is 2.73 bits per heavy atom. The van der Waals surface area contributed by atoms with Gasteiger partial charge in [0.15, 0.2) is 5.82 Å². The minimum Gasteiger partial charge on any atom is -0.492 e. The Labute approximate surface area is 156 Å². The van der Waals surface area contributed by atoms with Crippen LogP contribution >= 0.6 is 11.6 Å². The normalized spacial score (nSPS) is 12.8. The van der Waals surface area contributed by atoms with E-state index in [0.29, 0.717) is 24.7 Å². The van der Waals surface area contributed by atoms with Gasteiger partial charge < -0.3 is 10.5 Å². The molecule has 3 aromatic rings. The summed E-state index contributed by atoms with van der Waals surface area (Å²) in [6.45, 7) is 3.31. The fourth-order valence-electron chi connectivity index (χ4n) is 3.08. The van der Waals surface area contributed by atoms with Crippen LogP contribution in [0.1, 0.15) is 22.8 Å². The number of aromatic nitrogens is 3. The highest BCUT2D eigenvalue weighted by atomic mass is 35.5. The number of aryl methyl sites for hydroxylation is 1. The van der Waals surface area contributed by atoms with Gasteiger partial charge in [0.05, 0.1) is 11.4 Å². The van der Waals surface area contributed by atoms with Gasteiger partial charge >= 0.3 is 0 Å². The lowest BCUT2D eigenvalue weighted by molar-refractivity contribution is 0.328. The number of nitrogens with zero attached hydrogens (tertiary/aromatic N) is 4. The van der Waals surface area contributed by atoms with Crippen LogP contribution in [-0.4, -0.2) is 33.6 Å². The van der Waals surface area contributed by atoms with Crippen LogP contribution in [0.4, 0.5) is 0 Å². The summed E-state index contributed by atoms with van der Waals surface area (Å²) >= 11 is 6.05. The van der Waals surface area contributed by atoms with Gasteiger partial charge in [-0.1, -0.05) is 23.7 Å². The SMILES string of the molecule is Cc1nnc2n1-c1ccc(OCCN)cc1C(c1ccc(Cl)cc1)=NC2. The number of hydrogen-bond acceptors (Lipinski definition) is 5. The van der Waals surface area contributed by atoms with Gasteiger partial charge in [0.25, 0.3) is 0 Å². The second-order valence-electron chi connectivity index (χ2n) is 5.99. The molecule has 0 fully saturated rings. The van der Waals surface area contributed by atoms with Crippen molar-refractivity contribution in [1.82, 2.24) is 14.8 Å². The molecule has 1 aliphatic rings. The quantitative estimate of drug-likeness (QED) is 0.769. The summed E-state index contributed by atoms with van der Waals surface area (Å²) in [6, 6.07) is 13.6. The third-order valence-electron chi connectivity index (χ3n) is 4.24. The molecule has 1 aliphatic heterocycles. The molecule has 0 saturated heterocycles. The average Bonchev–Trinajstić information content (AvgIpc) is 2.93. The van der Waals surface area contributed by atoms with Gasteiger partial charge in [-0.3, -0.25) is 9.56 Å². The number of rotatable bonds is 4. The Balaban J connectivity index is 1.89. The predicted octanol–water partition coefficient (Wildman–Crippen LogP) is 2.92. The van der Waals surface area contributed by atoms with Crippen molar-refractivity contribution >= 4 is 17.3 Å². The first kappa shape index (κ1) is 16.8. The molecule has 2 N–H and O–H groups in total. The molecule has 2 heterocycles. The van der Waals surface area contributed by atoms with E-state index in [1.165, 1.54) is 0 Å². The first-order valence-corrected chi connectivity index (χ1v) is 8.74. The molecule has 0 aliphatic carbocycles. The van der Waals surface area contributed by atoms with Crippen LogP contribution in [0, 0.1) is 6.92 Å². The minimum absolute atomic E-state index is 0.451.